The lowest BCUT2D eigenvalue weighted by molar-refractivity contribution is -0.150. The molecule has 3 rings (SSSR count). The van der Waals surface area contributed by atoms with Crippen LogP contribution in [0.1, 0.15) is 29.7 Å². The molecule has 0 bridgehead atoms. The lowest BCUT2D eigenvalue weighted by Crippen LogP contribution is -2.36. The van der Waals surface area contributed by atoms with Crippen molar-refractivity contribution in [2.24, 2.45) is 7.05 Å². The van der Waals surface area contributed by atoms with E-state index in [1.54, 1.807) is 4.68 Å². The van der Waals surface area contributed by atoms with Crippen LogP contribution in [-0.4, -0.2) is 33.2 Å². The van der Waals surface area contributed by atoms with Gasteiger partial charge in [0.1, 0.15) is 17.8 Å². The predicted octanol–water partition coefficient (Wildman–Crippen LogP) is 3.09. The van der Waals surface area contributed by atoms with Crippen LogP contribution in [0.25, 0.3) is 0 Å². The summed E-state index contributed by atoms with van der Waals surface area (Å²) < 4.78 is 7.18. The molecule has 0 N–H and O–H groups in total. The maximum Gasteiger partial charge on any atom is 0.323 e. The SMILES string of the molecule is Cc1nn(C)c(Cl)c1CN1CCC[C@H]1C(=O)OCc1ccccc1. The van der Waals surface area contributed by atoms with Crippen molar-refractivity contribution in [2.45, 2.75) is 39.0 Å². The Morgan fingerprint density at radius 1 is 1.38 bits per heavy atom. The summed E-state index contributed by atoms with van der Waals surface area (Å²) >= 11 is 6.32. The van der Waals surface area contributed by atoms with E-state index >= 15 is 0 Å². The smallest absolute Gasteiger partial charge is 0.323 e. The van der Waals surface area contributed by atoms with Gasteiger partial charge in [0.15, 0.2) is 0 Å². The third-order valence-corrected chi connectivity index (χ3v) is 4.96. The summed E-state index contributed by atoms with van der Waals surface area (Å²) in [5.74, 6) is -0.158. The zero-order chi connectivity index (χ0) is 17.1. The van der Waals surface area contributed by atoms with Gasteiger partial charge in [0, 0.05) is 19.2 Å². The summed E-state index contributed by atoms with van der Waals surface area (Å²) in [4.78, 5) is 14.6. The zero-order valence-electron chi connectivity index (χ0n) is 14.0. The standard InChI is InChI=1S/C18H22ClN3O2/c1-13-15(17(19)21(2)20-13)11-22-10-6-9-16(22)18(23)24-12-14-7-4-3-5-8-14/h3-5,7-8,16H,6,9-12H2,1-2H3/t16-/m0/s1. The van der Waals surface area contributed by atoms with Crippen LogP contribution in [0.4, 0.5) is 0 Å². The molecule has 1 aliphatic heterocycles. The van der Waals surface area contributed by atoms with Crippen LogP contribution >= 0.6 is 11.6 Å². The maximum absolute atomic E-state index is 12.5. The molecule has 1 atom stereocenters. The highest BCUT2D eigenvalue weighted by atomic mass is 35.5. The highest BCUT2D eigenvalue weighted by Gasteiger charge is 2.33. The molecule has 0 saturated carbocycles. The number of likely N-dealkylation sites (tertiary alicyclic amines) is 1. The monoisotopic (exact) mass is 347 g/mol. The highest BCUT2D eigenvalue weighted by Crippen LogP contribution is 2.26. The number of ether oxygens (including phenoxy) is 1. The molecule has 0 aliphatic carbocycles. The number of rotatable bonds is 5. The van der Waals surface area contributed by atoms with E-state index in [4.69, 9.17) is 16.3 Å². The van der Waals surface area contributed by atoms with Crippen molar-refractivity contribution in [3.63, 3.8) is 0 Å². The summed E-state index contributed by atoms with van der Waals surface area (Å²) in [5.41, 5.74) is 2.90. The quantitative estimate of drug-likeness (QED) is 0.780. The van der Waals surface area contributed by atoms with Gasteiger partial charge >= 0.3 is 5.97 Å². The first-order valence-corrected chi connectivity index (χ1v) is 8.56. The Morgan fingerprint density at radius 2 is 2.12 bits per heavy atom. The summed E-state index contributed by atoms with van der Waals surface area (Å²) in [6.07, 6.45) is 1.81. The normalized spacial score (nSPS) is 18.0. The minimum Gasteiger partial charge on any atom is -0.460 e. The van der Waals surface area contributed by atoms with Gasteiger partial charge in [0.2, 0.25) is 0 Å². The number of carbonyl (C=O) groups excluding carboxylic acids is 1. The fourth-order valence-corrected chi connectivity index (χ4v) is 3.40. The number of aromatic nitrogens is 2. The van der Waals surface area contributed by atoms with Gasteiger partial charge in [-0.1, -0.05) is 41.9 Å². The summed E-state index contributed by atoms with van der Waals surface area (Å²) in [7, 11) is 1.83. The molecular formula is C18H22ClN3O2. The second-order valence-corrected chi connectivity index (χ2v) is 6.56. The van der Waals surface area contributed by atoms with E-state index in [9.17, 15) is 4.79 Å². The lowest BCUT2D eigenvalue weighted by atomic mass is 10.2. The van der Waals surface area contributed by atoms with Crippen molar-refractivity contribution in [1.82, 2.24) is 14.7 Å². The fourth-order valence-electron chi connectivity index (χ4n) is 3.16. The van der Waals surface area contributed by atoms with Crippen molar-refractivity contribution >= 4 is 17.6 Å². The minimum atomic E-state index is -0.204. The van der Waals surface area contributed by atoms with E-state index < -0.39 is 0 Å². The van der Waals surface area contributed by atoms with Gasteiger partial charge in [0.05, 0.1) is 5.69 Å². The zero-order valence-corrected chi connectivity index (χ0v) is 14.8. The van der Waals surface area contributed by atoms with Crippen LogP contribution in [0.2, 0.25) is 5.15 Å². The lowest BCUT2D eigenvalue weighted by Gasteiger charge is -2.23. The molecule has 1 aromatic heterocycles. The maximum atomic E-state index is 12.5. The van der Waals surface area contributed by atoms with E-state index in [1.165, 1.54) is 0 Å². The van der Waals surface area contributed by atoms with Gasteiger partial charge in [0.25, 0.3) is 0 Å². The molecule has 1 saturated heterocycles. The van der Waals surface area contributed by atoms with Crippen LogP contribution in [0, 0.1) is 6.92 Å². The van der Waals surface area contributed by atoms with Crippen molar-refractivity contribution < 1.29 is 9.53 Å². The molecular weight excluding hydrogens is 326 g/mol. The van der Waals surface area contributed by atoms with Crippen molar-refractivity contribution in [1.29, 1.82) is 0 Å². The van der Waals surface area contributed by atoms with E-state index in [0.717, 1.165) is 36.2 Å². The Bertz CT molecular complexity index is 715. The van der Waals surface area contributed by atoms with Gasteiger partial charge in [-0.25, -0.2) is 0 Å². The second kappa shape index (κ2) is 7.36. The summed E-state index contributed by atoms with van der Waals surface area (Å²) in [5, 5.41) is 4.98. The number of esters is 1. The van der Waals surface area contributed by atoms with Crippen LogP contribution in [0.5, 0.6) is 0 Å². The molecule has 0 spiro atoms. The van der Waals surface area contributed by atoms with Crippen LogP contribution < -0.4 is 0 Å². The Balaban J connectivity index is 1.63. The average molecular weight is 348 g/mol. The molecule has 0 radical (unpaired) electrons. The summed E-state index contributed by atoms with van der Waals surface area (Å²) in [6.45, 7) is 3.76. The molecule has 1 fully saturated rings. The molecule has 1 aromatic carbocycles. The Kier molecular flexibility index (Phi) is 5.21. The molecule has 1 aliphatic rings. The molecule has 2 aromatic rings. The van der Waals surface area contributed by atoms with Crippen LogP contribution in [0.3, 0.4) is 0 Å². The number of benzene rings is 1. The largest absolute Gasteiger partial charge is 0.460 e. The highest BCUT2D eigenvalue weighted by molar-refractivity contribution is 6.30. The predicted molar refractivity (Wildman–Crippen MR) is 92.6 cm³/mol. The molecule has 5 nitrogen and oxygen atoms in total. The Morgan fingerprint density at radius 3 is 2.79 bits per heavy atom. The number of hydrogen-bond donors (Lipinski definition) is 0. The van der Waals surface area contributed by atoms with Crippen molar-refractivity contribution in [3.8, 4) is 0 Å². The van der Waals surface area contributed by atoms with Crippen LogP contribution in [-0.2, 0) is 29.7 Å². The number of aryl methyl sites for hydroxylation is 2. The van der Waals surface area contributed by atoms with E-state index in [2.05, 4.69) is 10.00 Å². The van der Waals surface area contributed by atoms with Crippen LogP contribution in [0.15, 0.2) is 30.3 Å². The van der Waals surface area contributed by atoms with E-state index in [1.807, 2.05) is 44.3 Å². The van der Waals surface area contributed by atoms with Gasteiger partial charge in [-0.05, 0) is 31.9 Å². The van der Waals surface area contributed by atoms with Crippen molar-refractivity contribution in [2.75, 3.05) is 6.54 Å². The number of carbonyl (C=O) groups is 1. The number of hydrogen-bond acceptors (Lipinski definition) is 4. The number of nitrogens with zero attached hydrogens (tertiary/aromatic N) is 3. The molecule has 0 amide bonds. The Hall–Kier alpha value is -1.85. The van der Waals surface area contributed by atoms with Gasteiger partial charge in [-0.2, -0.15) is 5.10 Å². The first-order chi connectivity index (χ1) is 11.6. The third kappa shape index (κ3) is 3.62. The van der Waals surface area contributed by atoms with Gasteiger partial charge in [-0.3, -0.25) is 14.4 Å². The second-order valence-electron chi connectivity index (χ2n) is 6.20. The minimum absolute atomic E-state index is 0.158. The molecule has 6 heteroatoms. The van der Waals surface area contributed by atoms with Gasteiger partial charge in [-0.15, -0.1) is 0 Å². The van der Waals surface area contributed by atoms with Gasteiger partial charge < -0.3 is 4.74 Å². The fraction of sp³-hybridized carbons (Fsp3) is 0.444. The topological polar surface area (TPSA) is 47.4 Å². The Labute approximate surface area is 147 Å². The number of halogens is 1. The van der Waals surface area contributed by atoms with Crippen molar-refractivity contribution in [3.05, 3.63) is 52.3 Å². The third-order valence-electron chi connectivity index (χ3n) is 4.49. The molecule has 128 valence electrons. The summed E-state index contributed by atoms with van der Waals surface area (Å²) in [6, 6.07) is 9.54. The van der Waals surface area contributed by atoms with E-state index in [-0.39, 0.29) is 12.0 Å². The molecule has 24 heavy (non-hydrogen) atoms. The molecule has 2 heterocycles. The molecule has 0 unspecified atom stereocenters. The first kappa shape index (κ1) is 17.0. The average Bonchev–Trinajstić information content (AvgIpc) is 3.14. The van der Waals surface area contributed by atoms with E-state index in [0.29, 0.717) is 18.3 Å². The first-order valence-electron chi connectivity index (χ1n) is 8.19.